The van der Waals surface area contributed by atoms with Crippen molar-refractivity contribution in [3.05, 3.63) is 41.2 Å². The Morgan fingerprint density at radius 3 is 3.05 bits per heavy atom. The summed E-state index contributed by atoms with van der Waals surface area (Å²) < 4.78 is 6.86. The Labute approximate surface area is 117 Å². The minimum Gasteiger partial charge on any atom is -0.465 e. The van der Waals surface area contributed by atoms with Crippen LogP contribution in [0.15, 0.2) is 24.3 Å². The SMILES string of the molecule is COC(=O)c1cccc(-c2nc3c(n2C)CNCC3)c1. The van der Waals surface area contributed by atoms with Crippen LogP contribution in [-0.2, 0) is 24.8 Å². The highest BCUT2D eigenvalue weighted by molar-refractivity contribution is 5.90. The molecule has 0 unspecified atom stereocenters. The van der Waals surface area contributed by atoms with Crippen molar-refractivity contribution in [3.63, 3.8) is 0 Å². The average Bonchev–Trinajstić information content (AvgIpc) is 2.84. The molecule has 1 N–H and O–H groups in total. The first-order valence-corrected chi connectivity index (χ1v) is 6.64. The lowest BCUT2D eigenvalue weighted by atomic mass is 10.1. The van der Waals surface area contributed by atoms with Crippen molar-refractivity contribution < 1.29 is 9.53 Å². The molecule has 2 aromatic rings. The molecule has 5 heteroatoms. The van der Waals surface area contributed by atoms with Crippen LogP contribution < -0.4 is 5.32 Å². The summed E-state index contributed by atoms with van der Waals surface area (Å²) in [7, 11) is 3.40. The number of benzene rings is 1. The van der Waals surface area contributed by atoms with Crippen LogP contribution in [0.2, 0.25) is 0 Å². The van der Waals surface area contributed by atoms with Crippen LogP contribution in [-0.4, -0.2) is 29.2 Å². The molecular weight excluding hydrogens is 254 g/mol. The highest BCUT2D eigenvalue weighted by Gasteiger charge is 2.19. The van der Waals surface area contributed by atoms with E-state index in [0.29, 0.717) is 5.56 Å². The van der Waals surface area contributed by atoms with Crippen molar-refractivity contribution in [1.29, 1.82) is 0 Å². The number of imidazole rings is 1. The summed E-state index contributed by atoms with van der Waals surface area (Å²) in [5, 5.41) is 3.35. The van der Waals surface area contributed by atoms with Gasteiger partial charge in [-0.2, -0.15) is 0 Å². The molecule has 0 atom stereocenters. The van der Waals surface area contributed by atoms with Gasteiger partial charge in [-0.15, -0.1) is 0 Å². The number of hydrogen-bond donors (Lipinski definition) is 1. The summed E-state index contributed by atoms with van der Waals surface area (Å²) in [5.41, 5.74) is 3.84. The second-order valence-corrected chi connectivity index (χ2v) is 4.89. The molecule has 1 aromatic carbocycles. The molecule has 104 valence electrons. The van der Waals surface area contributed by atoms with Crippen molar-refractivity contribution in [1.82, 2.24) is 14.9 Å². The van der Waals surface area contributed by atoms with Crippen LogP contribution in [0.5, 0.6) is 0 Å². The van der Waals surface area contributed by atoms with Gasteiger partial charge in [0.25, 0.3) is 0 Å². The van der Waals surface area contributed by atoms with Crippen LogP contribution in [0.3, 0.4) is 0 Å². The highest BCUT2D eigenvalue weighted by atomic mass is 16.5. The van der Waals surface area contributed by atoms with E-state index in [1.54, 1.807) is 6.07 Å². The molecule has 0 saturated heterocycles. The van der Waals surface area contributed by atoms with Crippen LogP contribution in [0.1, 0.15) is 21.7 Å². The molecule has 0 spiro atoms. The number of ether oxygens (including phenoxy) is 1. The molecule has 0 saturated carbocycles. The van der Waals surface area contributed by atoms with Gasteiger partial charge >= 0.3 is 5.97 Å². The lowest BCUT2D eigenvalue weighted by Crippen LogP contribution is -2.24. The van der Waals surface area contributed by atoms with Crippen LogP contribution >= 0.6 is 0 Å². The van der Waals surface area contributed by atoms with Gasteiger partial charge in [-0.1, -0.05) is 12.1 Å². The summed E-state index contributed by atoms with van der Waals surface area (Å²) in [5.74, 6) is 0.567. The first-order chi connectivity index (χ1) is 9.70. The lowest BCUT2D eigenvalue weighted by molar-refractivity contribution is 0.0601. The van der Waals surface area contributed by atoms with Gasteiger partial charge in [0.1, 0.15) is 5.82 Å². The molecule has 20 heavy (non-hydrogen) atoms. The average molecular weight is 271 g/mol. The summed E-state index contributed by atoms with van der Waals surface area (Å²) >= 11 is 0. The van der Waals surface area contributed by atoms with Crippen molar-refractivity contribution >= 4 is 5.97 Å². The van der Waals surface area contributed by atoms with Gasteiger partial charge in [0.2, 0.25) is 0 Å². The number of nitrogens with one attached hydrogen (secondary N) is 1. The summed E-state index contributed by atoms with van der Waals surface area (Å²) in [6, 6.07) is 7.40. The zero-order valence-corrected chi connectivity index (χ0v) is 11.6. The topological polar surface area (TPSA) is 56.1 Å². The molecule has 0 fully saturated rings. The predicted molar refractivity (Wildman–Crippen MR) is 75.4 cm³/mol. The van der Waals surface area contributed by atoms with Gasteiger partial charge in [0.05, 0.1) is 24.1 Å². The number of rotatable bonds is 2. The highest BCUT2D eigenvalue weighted by Crippen LogP contribution is 2.24. The maximum atomic E-state index is 11.6. The minimum absolute atomic E-state index is 0.326. The van der Waals surface area contributed by atoms with Crippen molar-refractivity contribution in [2.45, 2.75) is 13.0 Å². The number of hydrogen-bond acceptors (Lipinski definition) is 4. The number of methoxy groups -OCH3 is 1. The normalized spacial score (nSPS) is 13.9. The Bertz CT molecular complexity index is 661. The van der Waals surface area contributed by atoms with Gasteiger partial charge in [0.15, 0.2) is 0 Å². The van der Waals surface area contributed by atoms with E-state index in [1.165, 1.54) is 12.8 Å². The largest absolute Gasteiger partial charge is 0.465 e. The number of fused-ring (bicyclic) bond motifs is 1. The van der Waals surface area contributed by atoms with Crippen LogP contribution in [0.25, 0.3) is 11.4 Å². The molecule has 1 aromatic heterocycles. The first-order valence-electron chi connectivity index (χ1n) is 6.64. The van der Waals surface area contributed by atoms with Gasteiger partial charge in [-0.3, -0.25) is 0 Å². The van der Waals surface area contributed by atoms with Gasteiger partial charge in [-0.05, 0) is 12.1 Å². The number of nitrogens with zero attached hydrogens (tertiary/aromatic N) is 2. The van der Waals surface area contributed by atoms with E-state index in [4.69, 9.17) is 9.72 Å². The monoisotopic (exact) mass is 271 g/mol. The van der Waals surface area contributed by atoms with E-state index >= 15 is 0 Å². The standard InChI is InChI=1S/C15H17N3O2/c1-18-13-9-16-7-6-12(13)17-14(18)10-4-3-5-11(8-10)15(19)20-2/h3-5,8,16H,6-7,9H2,1-2H3. The molecule has 0 aliphatic carbocycles. The number of esters is 1. The number of carbonyl (C=O) groups is 1. The maximum absolute atomic E-state index is 11.6. The van der Waals surface area contributed by atoms with Crippen molar-refractivity contribution in [2.24, 2.45) is 7.05 Å². The molecule has 1 aliphatic heterocycles. The smallest absolute Gasteiger partial charge is 0.337 e. The van der Waals surface area contributed by atoms with Crippen LogP contribution in [0.4, 0.5) is 0 Å². The Hall–Kier alpha value is -2.14. The van der Waals surface area contributed by atoms with E-state index in [9.17, 15) is 4.79 Å². The summed E-state index contributed by atoms with van der Waals surface area (Å²) in [6.07, 6.45) is 0.944. The quantitative estimate of drug-likeness (QED) is 0.841. The first kappa shape index (κ1) is 12.9. The van der Waals surface area contributed by atoms with E-state index in [2.05, 4.69) is 9.88 Å². The van der Waals surface area contributed by atoms with Crippen molar-refractivity contribution in [2.75, 3.05) is 13.7 Å². The van der Waals surface area contributed by atoms with E-state index in [0.717, 1.165) is 36.6 Å². The van der Waals surface area contributed by atoms with Gasteiger partial charge < -0.3 is 14.6 Å². The molecule has 0 bridgehead atoms. The lowest BCUT2D eigenvalue weighted by Gasteiger charge is -2.13. The summed E-state index contributed by atoms with van der Waals surface area (Å²) in [6.45, 7) is 1.81. The zero-order valence-electron chi connectivity index (χ0n) is 11.6. The molecule has 1 aliphatic rings. The molecule has 0 radical (unpaired) electrons. The number of aromatic nitrogens is 2. The zero-order chi connectivity index (χ0) is 14.1. The van der Waals surface area contributed by atoms with Gasteiger partial charge in [-0.25, -0.2) is 9.78 Å². The number of carbonyl (C=O) groups excluding carboxylic acids is 1. The third-order valence-corrected chi connectivity index (χ3v) is 3.67. The Balaban J connectivity index is 2.05. The predicted octanol–water partition coefficient (Wildman–Crippen LogP) is 1.52. The Kier molecular flexibility index (Phi) is 3.28. The Morgan fingerprint density at radius 2 is 2.30 bits per heavy atom. The fraction of sp³-hybridized carbons (Fsp3) is 0.333. The van der Waals surface area contributed by atoms with Crippen LogP contribution in [0, 0.1) is 0 Å². The van der Waals surface area contributed by atoms with E-state index in [1.807, 2.05) is 25.2 Å². The molecular formula is C15H17N3O2. The molecule has 5 nitrogen and oxygen atoms in total. The third kappa shape index (κ3) is 2.10. The molecule has 2 heterocycles. The van der Waals surface area contributed by atoms with E-state index in [-0.39, 0.29) is 5.97 Å². The Morgan fingerprint density at radius 1 is 1.45 bits per heavy atom. The fourth-order valence-electron chi connectivity index (χ4n) is 2.58. The molecule has 3 rings (SSSR count). The minimum atomic E-state index is -0.326. The fourth-order valence-corrected chi connectivity index (χ4v) is 2.58. The van der Waals surface area contributed by atoms with Gasteiger partial charge in [0, 0.05) is 32.1 Å². The maximum Gasteiger partial charge on any atom is 0.337 e. The van der Waals surface area contributed by atoms with E-state index < -0.39 is 0 Å². The third-order valence-electron chi connectivity index (χ3n) is 3.67. The second kappa shape index (κ2) is 5.09. The summed E-state index contributed by atoms with van der Waals surface area (Å²) in [4.78, 5) is 16.3. The molecule has 0 amide bonds. The van der Waals surface area contributed by atoms with Crippen molar-refractivity contribution in [3.8, 4) is 11.4 Å². The second-order valence-electron chi connectivity index (χ2n) is 4.89.